The van der Waals surface area contributed by atoms with Gasteiger partial charge in [-0.25, -0.2) is 0 Å². The van der Waals surface area contributed by atoms with Crippen molar-refractivity contribution >= 4 is 5.91 Å². The first kappa shape index (κ1) is 20.1. The minimum absolute atomic E-state index is 0.0242. The second-order valence-electron chi connectivity index (χ2n) is 7.91. The number of hydrogen-bond acceptors (Lipinski definition) is 5. The van der Waals surface area contributed by atoms with Crippen LogP contribution in [0.25, 0.3) is 11.3 Å². The quantitative estimate of drug-likeness (QED) is 0.711. The van der Waals surface area contributed by atoms with Crippen molar-refractivity contribution in [1.82, 2.24) is 20.4 Å². The van der Waals surface area contributed by atoms with Gasteiger partial charge < -0.3 is 15.2 Å². The first-order chi connectivity index (χ1) is 14.2. The van der Waals surface area contributed by atoms with Crippen molar-refractivity contribution in [2.75, 3.05) is 26.2 Å². The zero-order valence-electron chi connectivity index (χ0n) is 16.9. The molecule has 1 saturated heterocycles. The maximum absolute atomic E-state index is 11.7. The molecule has 1 fully saturated rings. The van der Waals surface area contributed by atoms with E-state index in [1.807, 2.05) is 25.1 Å². The highest BCUT2D eigenvalue weighted by molar-refractivity contribution is 5.75. The van der Waals surface area contributed by atoms with Crippen molar-refractivity contribution in [3.63, 3.8) is 0 Å². The summed E-state index contributed by atoms with van der Waals surface area (Å²) in [4.78, 5) is 14.1. The number of aliphatic hydroxyl groups excluding tert-OH is 1. The van der Waals surface area contributed by atoms with Crippen LogP contribution < -0.4 is 5.32 Å². The molecule has 3 atom stereocenters. The molecule has 2 aromatic rings. The van der Waals surface area contributed by atoms with E-state index in [9.17, 15) is 9.90 Å². The number of fused-ring (bicyclic) bond motifs is 1. The molecule has 7 nitrogen and oxygen atoms in total. The van der Waals surface area contributed by atoms with Gasteiger partial charge in [0.05, 0.1) is 17.8 Å². The Balaban J connectivity index is 1.39. The number of amides is 1. The van der Waals surface area contributed by atoms with E-state index in [0.717, 1.165) is 37.2 Å². The lowest BCUT2D eigenvalue weighted by Crippen LogP contribution is -2.56. The predicted octanol–water partition coefficient (Wildman–Crippen LogP) is 1.52. The van der Waals surface area contributed by atoms with Crippen molar-refractivity contribution < 1.29 is 14.6 Å². The number of hydrogen-bond donors (Lipinski definition) is 3. The van der Waals surface area contributed by atoms with E-state index in [0.29, 0.717) is 26.0 Å². The maximum Gasteiger partial charge on any atom is 0.220 e. The minimum atomic E-state index is -0.679. The Labute approximate surface area is 171 Å². The van der Waals surface area contributed by atoms with Gasteiger partial charge in [0.1, 0.15) is 6.10 Å². The summed E-state index contributed by atoms with van der Waals surface area (Å²) in [6.07, 6.45) is 1.93. The summed E-state index contributed by atoms with van der Waals surface area (Å²) in [6.45, 7) is 4.83. The smallest absolute Gasteiger partial charge is 0.220 e. The third kappa shape index (κ3) is 4.52. The first-order valence-electron chi connectivity index (χ1n) is 10.6. The fourth-order valence-electron chi connectivity index (χ4n) is 4.30. The highest BCUT2D eigenvalue weighted by Crippen LogP contribution is 2.27. The topological polar surface area (TPSA) is 90.5 Å². The van der Waals surface area contributed by atoms with Crippen LogP contribution in [0.4, 0.5) is 0 Å². The van der Waals surface area contributed by atoms with Gasteiger partial charge in [-0.2, -0.15) is 5.10 Å². The van der Waals surface area contributed by atoms with Crippen molar-refractivity contribution in [1.29, 1.82) is 0 Å². The van der Waals surface area contributed by atoms with E-state index in [1.165, 1.54) is 11.3 Å². The molecule has 1 aromatic carbocycles. The average Bonchev–Trinajstić information content (AvgIpc) is 3.05. The molecule has 0 spiro atoms. The van der Waals surface area contributed by atoms with Crippen LogP contribution in [0.5, 0.6) is 0 Å². The Morgan fingerprint density at radius 2 is 2.10 bits per heavy atom. The lowest BCUT2D eigenvalue weighted by atomic mass is 9.98. The lowest BCUT2D eigenvalue weighted by Gasteiger charge is -2.37. The van der Waals surface area contributed by atoms with Gasteiger partial charge in [0.2, 0.25) is 5.91 Å². The second kappa shape index (κ2) is 9.07. The van der Waals surface area contributed by atoms with Gasteiger partial charge in [0, 0.05) is 55.9 Å². The first-order valence-corrected chi connectivity index (χ1v) is 10.6. The van der Waals surface area contributed by atoms with Gasteiger partial charge in [0.15, 0.2) is 0 Å². The van der Waals surface area contributed by atoms with Crippen LogP contribution in [0.15, 0.2) is 30.3 Å². The third-order valence-corrected chi connectivity index (χ3v) is 6.02. The molecule has 0 unspecified atom stereocenters. The number of benzene rings is 1. The van der Waals surface area contributed by atoms with Gasteiger partial charge in [-0.05, 0) is 12.8 Å². The summed E-state index contributed by atoms with van der Waals surface area (Å²) in [5, 5.41) is 21.4. The highest BCUT2D eigenvalue weighted by Gasteiger charge is 2.35. The molecule has 4 rings (SSSR count). The molecule has 7 heteroatoms. The highest BCUT2D eigenvalue weighted by atomic mass is 16.5. The molecule has 3 heterocycles. The van der Waals surface area contributed by atoms with Gasteiger partial charge in [-0.1, -0.05) is 37.3 Å². The molecular weight excluding hydrogens is 368 g/mol. The van der Waals surface area contributed by atoms with Crippen LogP contribution >= 0.6 is 0 Å². The zero-order chi connectivity index (χ0) is 20.2. The summed E-state index contributed by atoms with van der Waals surface area (Å²) in [6, 6.07) is 10.0. The number of aliphatic hydroxyl groups is 1. The average molecular weight is 399 g/mol. The number of nitrogens with zero attached hydrogens (tertiary/aromatic N) is 2. The summed E-state index contributed by atoms with van der Waals surface area (Å²) in [5.74, 6) is -0.0242. The largest absolute Gasteiger partial charge is 0.388 e. The number of H-pyrrole nitrogens is 1. The van der Waals surface area contributed by atoms with Crippen LogP contribution in [0.1, 0.15) is 31.0 Å². The van der Waals surface area contributed by atoms with Gasteiger partial charge in [-0.15, -0.1) is 0 Å². The number of ether oxygens (including phenoxy) is 1. The van der Waals surface area contributed by atoms with Gasteiger partial charge in [0.25, 0.3) is 0 Å². The van der Waals surface area contributed by atoms with Crippen molar-refractivity contribution in [2.24, 2.45) is 0 Å². The third-order valence-electron chi connectivity index (χ3n) is 6.02. The van der Waals surface area contributed by atoms with Gasteiger partial charge >= 0.3 is 0 Å². The van der Waals surface area contributed by atoms with E-state index in [2.05, 4.69) is 32.5 Å². The number of aromatic amines is 1. The van der Waals surface area contributed by atoms with Crippen molar-refractivity contribution in [3.05, 3.63) is 41.6 Å². The molecule has 2 aliphatic heterocycles. The second-order valence-corrected chi connectivity index (χ2v) is 7.91. The van der Waals surface area contributed by atoms with E-state index in [4.69, 9.17) is 4.74 Å². The monoisotopic (exact) mass is 398 g/mol. The molecule has 2 aliphatic rings. The molecule has 0 aliphatic carbocycles. The molecule has 29 heavy (non-hydrogen) atoms. The minimum Gasteiger partial charge on any atom is -0.388 e. The van der Waals surface area contributed by atoms with Crippen LogP contribution in [-0.4, -0.2) is 70.6 Å². The summed E-state index contributed by atoms with van der Waals surface area (Å²) < 4.78 is 5.87. The normalized spacial score (nSPS) is 25.2. The van der Waals surface area contributed by atoms with Crippen LogP contribution in [0.3, 0.4) is 0 Å². The van der Waals surface area contributed by atoms with Crippen LogP contribution in [-0.2, 0) is 22.4 Å². The maximum atomic E-state index is 11.7. The standard InChI is InChI=1S/C22H30N4O3/c1-2-20(27)23-18-10-13-29-19(22(18)28)14-26-11-8-16-17(9-12-26)24-25-21(16)15-6-4-3-5-7-15/h3-7,18-19,22,28H,2,8-14H2,1H3,(H,23,27)(H,24,25)/t18-,19+,22-/m0/s1. The summed E-state index contributed by atoms with van der Waals surface area (Å²) >= 11 is 0. The molecule has 1 amide bonds. The van der Waals surface area contributed by atoms with Crippen molar-refractivity contribution in [3.8, 4) is 11.3 Å². The number of rotatable bonds is 5. The lowest BCUT2D eigenvalue weighted by molar-refractivity contribution is -0.129. The van der Waals surface area contributed by atoms with Gasteiger partial charge in [-0.3, -0.25) is 14.8 Å². The molecular formula is C22H30N4O3. The van der Waals surface area contributed by atoms with E-state index < -0.39 is 6.10 Å². The Kier molecular flexibility index (Phi) is 6.28. The molecule has 156 valence electrons. The number of nitrogens with one attached hydrogen (secondary N) is 2. The fraction of sp³-hybridized carbons (Fsp3) is 0.545. The predicted molar refractivity (Wildman–Crippen MR) is 110 cm³/mol. The number of carbonyl (C=O) groups is 1. The van der Waals surface area contributed by atoms with Crippen LogP contribution in [0.2, 0.25) is 0 Å². The van der Waals surface area contributed by atoms with E-state index >= 15 is 0 Å². The summed E-state index contributed by atoms with van der Waals surface area (Å²) in [5.41, 5.74) is 4.67. The number of aromatic nitrogens is 2. The molecule has 0 saturated carbocycles. The molecule has 0 bridgehead atoms. The zero-order valence-corrected chi connectivity index (χ0v) is 16.9. The Bertz CT molecular complexity index is 823. The fourth-order valence-corrected chi connectivity index (χ4v) is 4.30. The number of carbonyl (C=O) groups excluding carboxylic acids is 1. The van der Waals surface area contributed by atoms with E-state index in [-0.39, 0.29) is 18.1 Å². The Morgan fingerprint density at radius 1 is 1.31 bits per heavy atom. The Morgan fingerprint density at radius 3 is 2.90 bits per heavy atom. The van der Waals surface area contributed by atoms with Crippen LogP contribution in [0, 0.1) is 0 Å². The van der Waals surface area contributed by atoms with Crippen molar-refractivity contribution in [2.45, 2.75) is 50.9 Å². The molecule has 3 N–H and O–H groups in total. The molecule has 0 radical (unpaired) electrons. The Hall–Kier alpha value is -2.22. The summed E-state index contributed by atoms with van der Waals surface area (Å²) in [7, 11) is 0. The SMILES string of the molecule is CCC(=O)N[C@H]1CCO[C@H](CN2CCc3[nH]nc(-c4ccccc4)c3CC2)[C@H]1O. The molecule has 1 aromatic heterocycles. The van der Waals surface area contributed by atoms with E-state index in [1.54, 1.807) is 0 Å².